The lowest BCUT2D eigenvalue weighted by Gasteiger charge is -2.40. The number of cyclic esters (lactones) is 1. The second-order valence-corrected chi connectivity index (χ2v) is 5.36. The van der Waals surface area contributed by atoms with Crippen molar-refractivity contribution >= 4 is 17.9 Å². The Kier molecular flexibility index (Phi) is 3.70. The van der Waals surface area contributed by atoms with Crippen molar-refractivity contribution in [2.45, 2.75) is 0 Å². The predicted molar refractivity (Wildman–Crippen MR) is 75.4 cm³/mol. The molecule has 7 nitrogen and oxygen atoms in total. The van der Waals surface area contributed by atoms with E-state index >= 15 is 0 Å². The van der Waals surface area contributed by atoms with E-state index in [1.807, 2.05) is 0 Å². The number of hydrogen-bond donors (Lipinski definition) is 0. The van der Waals surface area contributed by atoms with Crippen LogP contribution in [0, 0.1) is 5.92 Å². The summed E-state index contributed by atoms with van der Waals surface area (Å²) in [5.41, 5.74) is 0.593. The first kappa shape index (κ1) is 14.4. The molecule has 2 aliphatic heterocycles. The van der Waals surface area contributed by atoms with Crippen LogP contribution in [0.4, 0.5) is 4.79 Å². The van der Waals surface area contributed by atoms with Crippen molar-refractivity contribution in [2.75, 3.05) is 33.4 Å². The van der Waals surface area contributed by atoms with Gasteiger partial charge in [0.25, 0.3) is 11.8 Å². The predicted octanol–water partition coefficient (Wildman–Crippen LogP) is 0.746. The number of amides is 3. The number of hydrogen-bond acceptors (Lipinski definition) is 5. The molecular formula is C15H16N2O5. The Hall–Kier alpha value is -2.57. The zero-order valence-corrected chi connectivity index (χ0v) is 12.2. The minimum absolute atomic E-state index is 0.0609. The summed E-state index contributed by atoms with van der Waals surface area (Å²) in [6, 6.07) is 6.92. The maximum Gasteiger partial charge on any atom is 0.417 e. The average molecular weight is 304 g/mol. The summed E-state index contributed by atoms with van der Waals surface area (Å²) in [5.74, 6) is 0.431. The van der Waals surface area contributed by atoms with E-state index in [4.69, 9.17) is 4.74 Å². The molecule has 0 aliphatic carbocycles. The van der Waals surface area contributed by atoms with Crippen molar-refractivity contribution in [1.82, 2.24) is 9.80 Å². The van der Waals surface area contributed by atoms with Crippen LogP contribution in [0.1, 0.15) is 10.4 Å². The third-order valence-electron chi connectivity index (χ3n) is 3.86. The number of imide groups is 1. The lowest BCUT2D eigenvalue weighted by atomic mass is 9.98. The second-order valence-electron chi connectivity index (χ2n) is 5.36. The van der Waals surface area contributed by atoms with Crippen LogP contribution in [0.15, 0.2) is 24.3 Å². The highest BCUT2D eigenvalue weighted by Gasteiger charge is 2.38. The molecule has 2 aliphatic rings. The highest BCUT2D eigenvalue weighted by molar-refractivity contribution is 5.98. The van der Waals surface area contributed by atoms with E-state index in [1.54, 1.807) is 36.3 Å². The van der Waals surface area contributed by atoms with Gasteiger partial charge in [-0.2, -0.15) is 0 Å². The van der Waals surface area contributed by atoms with Gasteiger partial charge in [0.1, 0.15) is 5.75 Å². The van der Waals surface area contributed by atoms with Gasteiger partial charge in [-0.25, -0.2) is 9.69 Å². The molecular weight excluding hydrogens is 288 g/mol. The molecule has 0 spiro atoms. The van der Waals surface area contributed by atoms with Crippen LogP contribution in [-0.4, -0.2) is 61.1 Å². The number of rotatable bonds is 4. The maximum absolute atomic E-state index is 12.3. The van der Waals surface area contributed by atoms with Crippen molar-refractivity contribution in [1.29, 1.82) is 0 Å². The Bertz CT molecular complexity index is 591. The largest absolute Gasteiger partial charge is 0.497 e. The summed E-state index contributed by atoms with van der Waals surface area (Å²) in [4.78, 5) is 37.8. The molecule has 3 amide bonds. The monoisotopic (exact) mass is 304 g/mol. The molecule has 1 aromatic carbocycles. The molecule has 7 heteroatoms. The molecule has 2 fully saturated rings. The standard InChI is InChI=1S/C15H16N2O5/c1-21-12-4-2-11(3-5-12)14(19)16-6-10(7-16)8-17-13(18)9-22-15(17)20/h2-5,10H,6-9H2,1H3. The zero-order chi connectivity index (χ0) is 15.7. The van der Waals surface area contributed by atoms with E-state index in [-0.39, 0.29) is 24.3 Å². The Balaban J connectivity index is 1.53. The quantitative estimate of drug-likeness (QED) is 0.820. The van der Waals surface area contributed by atoms with E-state index in [2.05, 4.69) is 4.74 Å². The molecule has 0 radical (unpaired) electrons. The van der Waals surface area contributed by atoms with Gasteiger partial charge in [-0.3, -0.25) is 9.59 Å². The van der Waals surface area contributed by atoms with Gasteiger partial charge in [-0.1, -0.05) is 0 Å². The van der Waals surface area contributed by atoms with Crippen molar-refractivity contribution in [3.05, 3.63) is 29.8 Å². The summed E-state index contributed by atoms with van der Waals surface area (Å²) in [6.45, 7) is 1.19. The molecule has 0 aromatic heterocycles. The molecule has 116 valence electrons. The van der Waals surface area contributed by atoms with Crippen LogP contribution in [-0.2, 0) is 9.53 Å². The van der Waals surface area contributed by atoms with Gasteiger partial charge in [0.15, 0.2) is 6.61 Å². The topological polar surface area (TPSA) is 76.2 Å². The lowest BCUT2D eigenvalue weighted by Crippen LogP contribution is -2.54. The molecule has 1 aromatic rings. The van der Waals surface area contributed by atoms with Crippen LogP contribution in [0.3, 0.4) is 0 Å². The van der Waals surface area contributed by atoms with Gasteiger partial charge in [0, 0.05) is 31.1 Å². The van der Waals surface area contributed by atoms with Gasteiger partial charge < -0.3 is 14.4 Å². The molecule has 0 bridgehead atoms. The highest BCUT2D eigenvalue weighted by atomic mass is 16.6. The minimum atomic E-state index is -0.593. The van der Waals surface area contributed by atoms with Crippen LogP contribution in [0.2, 0.25) is 0 Å². The number of methoxy groups -OCH3 is 1. The lowest BCUT2D eigenvalue weighted by molar-refractivity contribution is -0.126. The second kappa shape index (κ2) is 5.67. The van der Waals surface area contributed by atoms with Gasteiger partial charge in [-0.05, 0) is 24.3 Å². The first-order valence-corrected chi connectivity index (χ1v) is 6.99. The number of ether oxygens (including phenoxy) is 2. The summed E-state index contributed by atoms with van der Waals surface area (Å²) < 4.78 is 9.71. The fourth-order valence-electron chi connectivity index (χ4n) is 2.58. The van der Waals surface area contributed by atoms with Gasteiger partial charge in [-0.15, -0.1) is 0 Å². The van der Waals surface area contributed by atoms with E-state index in [9.17, 15) is 14.4 Å². The van der Waals surface area contributed by atoms with Crippen molar-refractivity contribution in [3.63, 3.8) is 0 Å². The minimum Gasteiger partial charge on any atom is -0.497 e. The molecule has 0 N–H and O–H groups in total. The molecule has 22 heavy (non-hydrogen) atoms. The van der Waals surface area contributed by atoms with E-state index in [0.29, 0.717) is 30.9 Å². The van der Waals surface area contributed by atoms with E-state index in [0.717, 1.165) is 4.90 Å². The number of nitrogens with zero attached hydrogens (tertiary/aromatic N) is 2. The fourth-order valence-corrected chi connectivity index (χ4v) is 2.58. The molecule has 0 unspecified atom stereocenters. The van der Waals surface area contributed by atoms with Crippen molar-refractivity contribution in [3.8, 4) is 5.75 Å². The van der Waals surface area contributed by atoms with Gasteiger partial charge in [0.05, 0.1) is 7.11 Å². The fraction of sp³-hybridized carbons (Fsp3) is 0.400. The van der Waals surface area contributed by atoms with Crippen LogP contribution in [0.5, 0.6) is 5.75 Å². The first-order valence-electron chi connectivity index (χ1n) is 6.99. The molecule has 0 saturated carbocycles. The van der Waals surface area contributed by atoms with Crippen molar-refractivity contribution in [2.24, 2.45) is 5.92 Å². The third kappa shape index (κ3) is 2.61. The van der Waals surface area contributed by atoms with Crippen LogP contribution < -0.4 is 4.74 Å². The third-order valence-corrected chi connectivity index (χ3v) is 3.86. The zero-order valence-electron chi connectivity index (χ0n) is 12.2. The average Bonchev–Trinajstić information content (AvgIpc) is 2.81. The molecule has 2 heterocycles. The summed E-state index contributed by atoms with van der Waals surface area (Å²) in [7, 11) is 1.57. The van der Waals surface area contributed by atoms with E-state index < -0.39 is 6.09 Å². The Morgan fingerprint density at radius 2 is 1.95 bits per heavy atom. The molecule has 3 rings (SSSR count). The summed E-state index contributed by atoms with van der Waals surface area (Å²) in [6.07, 6.45) is -0.593. The summed E-state index contributed by atoms with van der Waals surface area (Å²) >= 11 is 0. The van der Waals surface area contributed by atoms with Crippen molar-refractivity contribution < 1.29 is 23.9 Å². The Morgan fingerprint density at radius 1 is 1.27 bits per heavy atom. The SMILES string of the molecule is COc1ccc(C(=O)N2CC(CN3C(=O)COC3=O)C2)cc1. The molecule has 2 saturated heterocycles. The summed E-state index contributed by atoms with van der Waals surface area (Å²) in [5, 5.41) is 0. The first-order chi connectivity index (χ1) is 10.6. The number of carbonyl (C=O) groups excluding carboxylic acids is 3. The normalized spacial score (nSPS) is 18.2. The van der Waals surface area contributed by atoms with Gasteiger partial charge >= 0.3 is 6.09 Å². The maximum atomic E-state index is 12.3. The molecule has 0 atom stereocenters. The smallest absolute Gasteiger partial charge is 0.417 e. The van der Waals surface area contributed by atoms with Gasteiger partial charge in [0.2, 0.25) is 0 Å². The highest BCUT2D eigenvalue weighted by Crippen LogP contribution is 2.22. The Morgan fingerprint density at radius 3 is 2.50 bits per heavy atom. The number of benzene rings is 1. The number of carbonyl (C=O) groups is 3. The van der Waals surface area contributed by atoms with Crippen LogP contribution in [0.25, 0.3) is 0 Å². The number of likely N-dealkylation sites (tertiary alicyclic amines) is 1. The Labute approximate surface area is 127 Å². The van der Waals surface area contributed by atoms with Crippen LogP contribution >= 0.6 is 0 Å². The van der Waals surface area contributed by atoms with E-state index in [1.165, 1.54) is 0 Å².